The Bertz CT molecular complexity index is 2650. The number of carbonyl (C=O) groups is 2. The molecule has 15 heteroatoms. The van der Waals surface area contributed by atoms with Gasteiger partial charge in [-0.25, -0.2) is 18.4 Å². The maximum absolute atomic E-state index is 15.0. The van der Waals surface area contributed by atoms with Crippen LogP contribution in [-0.4, -0.2) is 93.4 Å². The predicted molar refractivity (Wildman–Crippen MR) is 256 cm³/mol. The number of aromatic carboxylic acids is 2. The van der Waals surface area contributed by atoms with Crippen LogP contribution in [0.15, 0.2) is 82.6 Å². The Labute approximate surface area is 383 Å². The number of pyridine rings is 2. The highest BCUT2D eigenvalue weighted by molar-refractivity contribution is 5.94. The molecule has 0 saturated carbocycles. The number of aryl methyl sites for hydroxylation is 6. The van der Waals surface area contributed by atoms with Crippen molar-refractivity contribution in [2.75, 3.05) is 62.2 Å². The Morgan fingerprint density at radius 3 is 1.14 bits per heavy atom. The molecule has 0 spiro atoms. The zero-order chi connectivity index (χ0) is 46.0. The molecule has 0 bridgehead atoms. The molecule has 2 aliphatic heterocycles. The lowest BCUT2D eigenvalue weighted by Gasteiger charge is -2.36. The SMILES string of the molecule is CCn1cc(C(=O)O)c(=O)c2cc(F)c(N3CCN(Cc4cc(C)cc(C)c4)CC3)cc21.CCn1cc(C(=O)O)c(=O)c2cc(F)c(N3CCN(Cc4cc(C)cc(C)c4)CC3)cc21.Cl. The second-order valence-electron chi connectivity index (χ2n) is 17.1. The van der Waals surface area contributed by atoms with Gasteiger partial charge in [-0.3, -0.25) is 19.4 Å². The fourth-order valence-electron chi connectivity index (χ4n) is 9.24. The third-order valence-corrected chi connectivity index (χ3v) is 12.2. The van der Waals surface area contributed by atoms with E-state index < -0.39 is 34.4 Å². The zero-order valence-electron chi connectivity index (χ0n) is 37.8. The molecule has 2 saturated heterocycles. The van der Waals surface area contributed by atoms with Crippen LogP contribution in [0.2, 0.25) is 0 Å². The molecule has 0 amide bonds. The Kier molecular flexibility index (Phi) is 15.2. The Morgan fingerprint density at radius 1 is 0.523 bits per heavy atom. The first-order valence-electron chi connectivity index (χ1n) is 21.8. The van der Waals surface area contributed by atoms with Crippen LogP contribution < -0.4 is 20.7 Å². The van der Waals surface area contributed by atoms with Gasteiger partial charge < -0.3 is 29.1 Å². The second kappa shape index (κ2) is 20.4. The summed E-state index contributed by atoms with van der Waals surface area (Å²) in [7, 11) is 0. The highest BCUT2D eigenvalue weighted by Crippen LogP contribution is 2.29. The van der Waals surface area contributed by atoms with E-state index >= 15 is 8.78 Å². The molecule has 2 aliphatic rings. The summed E-state index contributed by atoms with van der Waals surface area (Å²) in [5.41, 5.74) is 7.61. The molecule has 12 nitrogen and oxygen atoms in total. The lowest BCUT2D eigenvalue weighted by Crippen LogP contribution is -2.46. The molecular weight excluding hydrogens is 854 g/mol. The average Bonchev–Trinajstić information content (AvgIpc) is 3.24. The molecule has 344 valence electrons. The summed E-state index contributed by atoms with van der Waals surface area (Å²) < 4.78 is 33.5. The van der Waals surface area contributed by atoms with Crippen LogP contribution in [-0.2, 0) is 26.2 Å². The number of carboxylic acid groups (broad SMARTS) is 2. The number of anilines is 2. The lowest BCUT2D eigenvalue weighted by molar-refractivity contribution is 0.0684. The first kappa shape index (κ1) is 48.4. The minimum absolute atomic E-state index is 0. The summed E-state index contributed by atoms with van der Waals surface area (Å²) in [4.78, 5) is 56.7. The second-order valence-corrected chi connectivity index (χ2v) is 17.1. The van der Waals surface area contributed by atoms with Gasteiger partial charge in [0.05, 0.1) is 22.4 Å². The van der Waals surface area contributed by atoms with Gasteiger partial charge >= 0.3 is 11.9 Å². The molecule has 6 aromatic rings. The van der Waals surface area contributed by atoms with Crippen molar-refractivity contribution < 1.29 is 28.6 Å². The number of benzene rings is 4. The van der Waals surface area contributed by atoms with E-state index in [9.17, 15) is 29.4 Å². The maximum Gasteiger partial charge on any atom is 0.341 e. The summed E-state index contributed by atoms with van der Waals surface area (Å²) >= 11 is 0. The van der Waals surface area contributed by atoms with Crippen molar-refractivity contribution in [3.8, 4) is 0 Å². The molecule has 0 unspecified atom stereocenters. The molecule has 65 heavy (non-hydrogen) atoms. The Morgan fingerprint density at radius 2 is 0.846 bits per heavy atom. The lowest BCUT2D eigenvalue weighted by atomic mass is 10.1. The Hall–Kier alpha value is -6.09. The average molecular weight is 911 g/mol. The van der Waals surface area contributed by atoms with Crippen LogP contribution in [0.25, 0.3) is 21.8 Å². The number of hydrogen-bond acceptors (Lipinski definition) is 8. The molecule has 2 aromatic heterocycles. The molecule has 0 aliphatic carbocycles. The van der Waals surface area contributed by atoms with E-state index in [1.807, 2.05) is 23.6 Å². The van der Waals surface area contributed by atoms with Crippen molar-refractivity contribution in [3.63, 3.8) is 0 Å². The number of rotatable bonds is 10. The minimum Gasteiger partial charge on any atom is -0.477 e. The summed E-state index contributed by atoms with van der Waals surface area (Å²) in [5, 5.41) is 18.8. The number of fused-ring (bicyclic) bond motifs is 2. The van der Waals surface area contributed by atoms with Gasteiger partial charge in [-0.15, -0.1) is 12.4 Å². The van der Waals surface area contributed by atoms with Gasteiger partial charge in [0.2, 0.25) is 10.9 Å². The van der Waals surface area contributed by atoms with E-state index in [1.54, 1.807) is 21.3 Å². The molecule has 4 heterocycles. The van der Waals surface area contributed by atoms with Crippen LogP contribution in [0.3, 0.4) is 0 Å². The highest BCUT2D eigenvalue weighted by Gasteiger charge is 2.25. The van der Waals surface area contributed by atoms with Crippen molar-refractivity contribution in [2.45, 2.75) is 67.7 Å². The van der Waals surface area contributed by atoms with Gasteiger partial charge in [0.25, 0.3) is 0 Å². The summed E-state index contributed by atoms with van der Waals surface area (Å²) in [6.07, 6.45) is 2.69. The largest absolute Gasteiger partial charge is 0.477 e. The number of aromatic nitrogens is 2. The summed E-state index contributed by atoms with van der Waals surface area (Å²) in [5.74, 6) is -3.60. The predicted octanol–water partition coefficient (Wildman–Crippen LogP) is 8.02. The molecular formula is C50H57ClF2N6O6. The summed E-state index contributed by atoms with van der Waals surface area (Å²) in [6, 6.07) is 18.9. The minimum atomic E-state index is -1.30. The van der Waals surface area contributed by atoms with Crippen molar-refractivity contribution in [2.24, 2.45) is 0 Å². The fourth-order valence-corrected chi connectivity index (χ4v) is 9.24. The topological polar surface area (TPSA) is 132 Å². The Balaban J connectivity index is 0.000000212. The number of piperazine rings is 2. The van der Waals surface area contributed by atoms with E-state index in [1.165, 1.54) is 57.9 Å². The van der Waals surface area contributed by atoms with Gasteiger partial charge in [-0.1, -0.05) is 58.7 Å². The zero-order valence-corrected chi connectivity index (χ0v) is 38.6. The van der Waals surface area contributed by atoms with Gasteiger partial charge in [0.1, 0.15) is 22.8 Å². The maximum atomic E-state index is 15.0. The van der Waals surface area contributed by atoms with E-state index in [0.29, 0.717) is 61.7 Å². The van der Waals surface area contributed by atoms with Crippen molar-refractivity contribution >= 4 is 57.5 Å². The third kappa shape index (κ3) is 10.7. The molecule has 8 rings (SSSR count). The van der Waals surface area contributed by atoms with Gasteiger partial charge in [-0.05, 0) is 76.9 Å². The van der Waals surface area contributed by atoms with Crippen LogP contribution >= 0.6 is 12.4 Å². The number of halogens is 3. The normalized spacial score (nSPS) is 14.6. The van der Waals surface area contributed by atoms with E-state index in [4.69, 9.17) is 0 Å². The van der Waals surface area contributed by atoms with Crippen LogP contribution in [0.5, 0.6) is 0 Å². The third-order valence-electron chi connectivity index (χ3n) is 12.2. The highest BCUT2D eigenvalue weighted by atomic mass is 35.5. The molecule has 2 N–H and O–H groups in total. The number of hydrogen-bond donors (Lipinski definition) is 2. The molecule has 2 fully saturated rings. The summed E-state index contributed by atoms with van der Waals surface area (Å²) in [6.45, 7) is 20.8. The van der Waals surface area contributed by atoms with Gasteiger partial charge in [0, 0.05) is 102 Å². The molecule has 0 radical (unpaired) electrons. The standard InChI is InChI=1S/2C25H28FN3O3.ClH/c2*1-4-28-15-20(25(31)32)24(30)19-12-21(26)23(13-22(19)28)29-7-5-27(6-8-29)14-18-10-16(2)9-17(3)11-18;/h2*9-13,15H,4-8,14H2,1-3H3,(H,31,32);1H. The van der Waals surface area contributed by atoms with E-state index in [0.717, 1.165) is 39.3 Å². The van der Waals surface area contributed by atoms with Crippen LogP contribution in [0.1, 0.15) is 67.9 Å². The quantitative estimate of drug-likeness (QED) is 0.139. The first-order valence-corrected chi connectivity index (χ1v) is 21.8. The van der Waals surface area contributed by atoms with E-state index in [-0.39, 0.29) is 34.3 Å². The molecule has 0 atom stereocenters. The van der Waals surface area contributed by atoms with Crippen LogP contribution in [0.4, 0.5) is 20.2 Å². The monoisotopic (exact) mass is 910 g/mol. The van der Waals surface area contributed by atoms with Crippen molar-refractivity contribution in [3.05, 3.63) is 150 Å². The van der Waals surface area contributed by atoms with E-state index in [2.05, 4.69) is 73.9 Å². The fraction of sp³-hybridized carbons (Fsp3) is 0.360. The van der Waals surface area contributed by atoms with Crippen molar-refractivity contribution in [1.82, 2.24) is 18.9 Å². The molecule has 4 aromatic carbocycles. The first-order chi connectivity index (χ1) is 30.5. The van der Waals surface area contributed by atoms with Crippen molar-refractivity contribution in [1.29, 1.82) is 0 Å². The van der Waals surface area contributed by atoms with Gasteiger partial charge in [-0.2, -0.15) is 0 Å². The van der Waals surface area contributed by atoms with Crippen LogP contribution in [0, 0.1) is 39.3 Å². The van der Waals surface area contributed by atoms with Gasteiger partial charge in [0.15, 0.2) is 0 Å². The smallest absolute Gasteiger partial charge is 0.341 e. The number of nitrogens with zero attached hydrogens (tertiary/aromatic N) is 6. The number of carboxylic acids is 2.